The highest BCUT2D eigenvalue weighted by atomic mass is 16.5. The van der Waals surface area contributed by atoms with Crippen molar-refractivity contribution in [2.24, 2.45) is 5.92 Å². The molecule has 0 aliphatic carbocycles. The first-order valence-corrected chi connectivity index (χ1v) is 10.3. The Labute approximate surface area is 164 Å². The van der Waals surface area contributed by atoms with Gasteiger partial charge >= 0.3 is 0 Å². The average molecular weight is 377 g/mol. The Morgan fingerprint density at radius 3 is 2.52 bits per heavy atom. The van der Waals surface area contributed by atoms with Crippen LogP contribution in [-0.4, -0.2) is 49.8 Å². The van der Waals surface area contributed by atoms with Gasteiger partial charge in [0.2, 0.25) is 0 Å². The fourth-order valence-electron chi connectivity index (χ4n) is 3.45. The summed E-state index contributed by atoms with van der Waals surface area (Å²) in [7, 11) is 1.58. The van der Waals surface area contributed by atoms with Crippen LogP contribution in [0, 0.1) is 5.92 Å². The second-order valence-electron chi connectivity index (χ2n) is 7.89. The lowest BCUT2D eigenvalue weighted by molar-refractivity contribution is -0.136. The van der Waals surface area contributed by atoms with Gasteiger partial charge in [-0.15, -0.1) is 0 Å². The monoisotopic (exact) mass is 376 g/mol. The van der Waals surface area contributed by atoms with E-state index in [1.807, 2.05) is 38.1 Å². The van der Waals surface area contributed by atoms with Gasteiger partial charge < -0.3 is 19.7 Å². The molecular weight excluding hydrogens is 340 g/mol. The fraction of sp³-hybridized carbons (Fsp3) is 0.682. The number of rotatable bonds is 10. The van der Waals surface area contributed by atoms with Gasteiger partial charge in [-0.2, -0.15) is 0 Å². The number of methoxy groups -OCH3 is 1. The van der Waals surface area contributed by atoms with E-state index in [1.165, 1.54) is 25.9 Å². The number of ether oxygens (including phenoxy) is 2. The van der Waals surface area contributed by atoms with Gasteiger partial charge in [-0.05, 0) is 75.9 Å². The Balaban J connectivity index is 1.72. The molecule has 0 radical (unpaired) electrons. The van der Waals surface area contributed by atoms with E-state index < -0.39 is 5.60 Å². The van der Waals surface area contributed by atoms with Crippen molar-refractivity contribution in [2.45, 2.75) is 58.5 Å². The largest absolute Gasteiger partial charge is 0.494 e. The van der Waals surface area contributed by atoms with Crippen LogP contribution in [0.15, 0.2) is 24.3 Å². The van der Waals surface area contributed by atoms with E-state index in [1.54, 1.807) is 7.11 Å². The Hall–Kier alpha value is -1.59. The van der Waals surface area contributed by atoms with E-state index in [-0.39, 0.29) is 5.91 Å². The molecule has 2 rings (SSSR count). The minimum atomic E-state index is -0.795. The number of nitrogens with zero attached hydrogens (tertiary/aromatic N) is 1. The van der Waals surface area contributed by atoms with Gasteiger partial charge in [0.1, 0.15) is 11.4 Å². The Kier molecular flexibility index (Phi) is 8.58. The van der Waals surface area contributed by atoms with E-state index >= 15 is 0 Å². The van der Waals surface area contributed by atoms with Gasteiger partial charge in [0.25, 0.3) is 5.91 Å². The normalized spacial score (nSPS) is 18.1. The maximum atomic E-state index is 12.4. The average Bonchev–Trinajstić information content (AvgIpc) is 2.68. The number of carbonyl (C=O) groups is 1. The van der Waals surface area contributed by atoms with E-state index in [9.17, 15) is 4.79 Å². The number of likely N-dealkylation sites (tertiary alicyclic amines) is 1. The second kappa shape index (κ2) is 10.7. The molecule has 1 aliphatic rings. The first-order valence-electron chi connectivity index (χ1n) is 10.3. The van der Waals surface area contributed by atoms with Gasteiger partial charge in [0, 0.05) is 19.3 Å². The van der Waals surface area contributed by atoms with Crippen LogP contribution in [0.3, 0.4) is 0 Å². The molecule has 0 aromatic heterocycles. The summed E-state index contributed by atoms with van der Waals surface area (Å²) in [5.41, 5.74) is -0.0370. The molecule has 1 amide bonds. The number of anilines is 1. The summed E-state index contributed by atoms with van der Waals surface area (Å²) in [5, 5.41) is 2.93. The minimum Gasteiger partial charge on any atom is -0.494 e. The number of nitrogens with one attached hydrogen (secondary N) is 1. The number of piperidine rings is 1. The van der Waals surface area contributed by atoms with Crippen molar-refractivity contribution < 1.29 is 14.3 Å². The standard InChI is InChI=1S/C22H36N2O3/c1-5-13-22(3,26-4)21(25)23-19-7-9-20(10-8-19)27-17-6-14-24-15-11-18(2)12-16-24/h7-10,18H,5-6,11-17H2,1-4H3,(H,23,25)/t22-/m1/s1. The maximum absolute atomic E-state index is 12.4. The van der Waals surface area contributed by atoms with E-state index in [4.69, 9.17) is 9.47 Å². The second-order valence-corrected chi connectivity index (χ2v) is 7.89. The van der Waals surface area contributed by atoms with E-state index in [0.29, 0.717) is 6.42 Å². The van der Waals surface area contributed by atoms with Crippen molar-refractivity contribution >= 4 is 11.6 Å². The summed E-state index contributed by atoms with van der Waals surface area (Å²) in [6, 6.07) is 7.56. The van der Waals surface area contributed by atoms with Gasteiger partial charge in [-0.3, -0.25) is 4.79 Å². The van der Waals surface area contributed by atoms with Crippen molar-refractivity contribution in [3.8, 4) is 5.75 Å². The van der Waals surface area contributed by atoms with Crippen LogP contribution in [0.2, 0.25) is 0 Å². The fourth-order valence-corrected chi connectivity index (χ4v) is 3.45. The Morgan fingerprint density at radius 2 is 1.93 bits per heavy atom. The zero-order valence-electron chi connectivity index (χ0n) is 17.4. The summed E-state index contributed by atoms with van der Waals surface area (Å²) in [5.74, 6) is 1.60. The molecule has 1 aromatic rings. The zero-order chi connectivity index (χ0) is 19.7. The summed E-state index contributed by atoms with van der Waals surface area (Å²) in [4.78, 5) is 15.0. The topological polar surface area (TPSA) is 50.8 Å². The molecule has 0 bridgehead atoms. The van der Waals surface area contributed by atoms with Crippen molar-refractivity contribution in [1.82, 2.24) is 4.90 Å². The number of carbonyl (C=O) groups excluding carboxylic acids is 1. The molecule has 1 N–H and O–H groups in total. The zero-order valence-corrected chi connectivity index (χ0v) is 17.4. The molecule has 0 saturated carbocycles. The van der Waals surface area contributed by atoms with Crippen LogP contribution in [-0.2, 0) is 9.53 Å². The van der Waals surface area contributed by atoms with E-state index in [2.05, 4.69) is 17.1 Å². The predicted octanol–water partition coefficient (Wildman–Crippen LogP) is 4.33. The number of hydrogen-bond acceptors (Lipinski definition) is 4. The lowest BCUT2D eigenvalue weighted by Crippen LogP contribution is -2.41. The molecule has 1 fully saturated rings. The molecule has 1 saturated heterocycles. The highest BCUT2D eigenvalue weighted by Crippen LogP contribution is 2.22. The smallest absolute Gasteiger partial charge is 0.256 e. The van der Waals surface area contributed by atoms with Crippen LogP contribution in [0.25, 0.3) is 0 Å². The molecule has 1 heterocycles. The van der Waals surface area contributed by atoms with Crippen molar-refractivity contribution in [3.63, 3.8) is 0 Å². The quantitative estimate of drug-likeness (QED) is 0.618. The predicted molar refractivity (Wildman–Crippen MR) is 110 cm³/mol. The summed E-state index contributed by atoms with van der Waals surface area (Å²) in [6.45, 7) is 10.5. The molecular formula is C22H36N2O3. The van der Waals surface area contributed by atoms with Crippen LogP contribution in [0.1, 0.15) is 52.9 Å². The highest BCUT2D eigenvalue weighted by molar-refractivity contribution is 5.97. The summed E-state index contributed by atoms with van der Waals surface area (Å²) >= 11 is 0. The third-order valence-electron chi connectivity index (χ3n) is 5.53. The highest BCUT2D eigenvalue weighted by Gasteiger charge is 2.32. The maximum Gasteiger partial charge on any atom is 0.256 e. The van der Waals surface area contributed by atoms with Gasteiger partial charge in [-0.1, -0.05) is 20.3 Å². The van der Waals surface area contributed by atoms with Crippen LogP contribution < -0.4 is 10.1 Å². The van der Waals surface area contributed by atoms with Gasteiger partial charge in [0.15, 0.2) is 0 Å². The van der Waals surface area contributed by atoms with E-state index in [0.717, 1.165) is 43.3 Å². The molecule has 0 spiro atoms. The first-order chi connectivity index (χ1) is 13.0. The number of amides is 1. The number of benzene rings is 1. The van der Waals surface area contributed by atoms with Crippen molar-refractivity contribution in [2.75, 3.05) is 38.7 Å². The SMILES string of the molecule is CCC[C@@](C)(OC)C(=O)Nc1ccc(OCCCN2CCC(C)CC2)cc1. The molecule has 0 unspecified atom stereocenters. The molecule has 1 aromatic carbocycles. The van der Waals surface area contributed by atoms with Gasteiger partial charge in [0.05, 0.1) is 6.61 Å². The molecule has 27 heavy (non-hydrogen) atoms. The molecule has 152 valence electrons. The minimum absolute atomic E-state index is 0.114. The summed E-state index contributed by atoms with van der Waals surface area (Å²) in [6.07, 6.45) is 5.24. The number of hydrogen-bond donors (Lipinski definition) is 1. The van der Waals surface area contributed by atoms with Crippen molar-refractivity contribution in [1.29, 1.82) is 0 Å². The van der Waals surface area contributed by atoms with Crippen molar-refractivity contribution in [3.05, 3.63) is 24.3 Å². The molecule has 5 nitrogen and oxygen atoms in total. The Morgan fingerprint density at radius 1 is 1.26 bits per heavy atom. The lowest BCUT2D eigenvalue weighted by atomic mass is 9.99. The van der Waals surface area contributed by atoms with Crippen LogP contribution >= 0.6 is 0 Å². The lowest BCUT2D eigenvalue weighted by Gasteiger charge is -2.30. The van der Waals surface area contributed by atoms with Gasteiger partial charge in [-0.25, -0.2) is 0 Å². The van der Waals surface area contributed by atoms with Crippen LogP contribution in [0.4, 0.5) is 5.69 Å². The molecule has 1 atom stereocenters. The van der Waals surface area contributed by atoms with Crippen LogP contribution in [0.5, 0.6) is 5.75 Å². The third kappa shape index (κ3) is 6.82. The third-order valence-corrected chi connectivity index (χ3v) is 5.53. The Bertz CT molecular complexity index is 567. The first kappa shape index (κ1) is 21.7. The molecule has 1 aliphatic heterocycles. The molecule has 5 heteroatoms. The summed E-state index contributed by atoms with van der Waals surface area (Å²) < 4.78 is 11.3.